The molecule has 0 N–H and O–H groups in total. The standard InChI is InChI=1S/C10H21NOS/c1-2-11(9-10-3-4-10)5-6-12-7-8-13/h10,13H,2-9H2,1H3. The number of thiol groups is 1. The molecule has 1 fully saturated rings. The van der Waals surface area contributed by atoms with Crippen LogP contribution in [0.3, 0.4) is 0 Å². The Morgan fingerprint density at radius 3 is 2.69 bits per heavy atom. The molecule has 0 heterocycles. The van der Waals surface area contributed by atoms with Crippen LogP contribution in [-0.4, -0.2) is 43.5 Å². The van der Waals surface area contributed by atoms with Crippen LogP contribution >= 0.6 is 12.6 Å². The molecule has 0 aromatic heterocycles. The van der Waals surface area contributed by atoms with Crippen LogP contribution in [-0.2, 0) is 4.74 Å². The maximum atomic E-state index is 5.40. The van der Waals surface area contributed by atoms with E-state index in [4.69, 9.17) is 4.74 Å². The summed E-state index contributed by atoms with van der Waals surface area (Å²) in [5.74, 6) is 1.82. The van der Waals surface area contributed by atoms with Crippen molar-refractivity contribution in [1.82, 2.24) is 4.90 Å². The van der Waals surface area contributed by atoms with Gasteiger partial charge in [-0.15, -0.1) is 0 Å². The van der Waals surface area contributed by atoms with Crippen molar-refractivity contribution in [2.24, 2.45) is 5.92 Å². The van der Waals surface area contributed by atoms with Gasteiger partial charge in [0.15, 0.2) is 0 Å². The van der Waals surface area contributed by atoms with Gasteiger partial charge in [0.25, 0.3) is 0 Å². The minimum absolute atomic E-state index is 0.782. The van der Waals surface area contributed by atoms with Gasteiger partial charge in [0.1, 0.15) is 0 Å². The Hall–Kier alpha value is 0.270. The Balaban J connectivity index is 1.94. The van der Waals surface area contributed by atoms with Gasteiger partial charge in [-0.1, -0.05) is 6.92 Å². The van der Waals surface area contributed by atoms with Crippen LogP contribution in [0.4, 0.5) is 0 Å². The largest absolute Gasteiger partial charge is 0.379 e. The van der Waals surface area contributed by atoms with E-state index in [2.05, 4.69) is 24.5 Å². The number of ether oxygens (including phenoxy) is 1. The van der Waals surface area contributed by atoms with Crippen molar-refractivity contribution < 1.29 is 4.74 Å². The lowest BCUT2D eigenvalue weighted by Gasteiger charge is -2.19. The van der Waals surface area contributed by atoms with Gasteiger partial charge >= 0.3 is 0 Å². The van der Waals surface area contributed by atoms with Gasteiger partial charge < -0.3 is 9.64 Å². The molecule has 13 heavy (non-hydrogen) atoms. The van der Waals surface area contributed by atoms with E-state index in [1.807, 2.05) is 0 Å². The summed E-state index contributed by atoms with van der Waals surface area (Å²) >= 11 is 4.10. The van der Waals surface area contributed by atoms with E-state index >= 15 is 0 Å². The van der Waals surface area contributed by atoms with E-state index in [1.165, 1.54) is 19.4 Å². The molecule has 0 aromatic rings. The molecule has 0 atom stereocenters. The van der Waals surface area contributed by atoms with Crippen LogP contribution in [0.5, 0.6) is 0 Å². The van der Waals surface area contributed by atoms with Gasteiger partial charge in [-0.3, -0.25) is 0 Å². The van der Waals surface area contributed by atoms with Crippen LogP contribution in [0.2, 0.25) is 0 Å². The Morgan fingerprint density at radius 2 is 2.15 bits per heavy atom. The normalized spacial score (nSPS) is 16.8. The van der Waals surface area contributed by atoms with Gasteiger partial charge in [0.2, 0.25) is 0 Å². The highest BCUT2D eigenvalue weighted by Crippen LogP contribution is 2.29. The molecule has 0 spiro atoms. The lowest BCUT2D eigenvalue weighted by Crippen LogP contribution is -2.29. The van der Waals surface area contributed by atoms with Crippen molar-refractivity contribution in [3.63, 3.8) is 0 Å². The van der Waals surface area contributed by atoms with E-state index in [0.29, 0.717) is 0 Å². The number of likely N-dealkylation sites (N-methyl/N-ethyl adjacent to an activating group) is 1. The average Bonchev–Trinajstić information content (AvgIpc) is 2.94. The second-order valence-electron chi connectivity index (χ2n) is 3.67. The topological polar surface area (TPSA) is 12.5 Å². The SMILES string of the molecule is CCN(CCOCCS)CC1CC1. The second-order valence-corrected chi connectivity index (χ2v) is 4.12. The third-order valence-electron chi connectivity index (χ3n) is 2.45. The lowest BCUT2D eigenvalue weighted by molar-refractivity contribution is 0.115. The highest BCUT2D eigenvalue weighted by atomic mass is 32.1. The van der Waals surface area contributed by atoms with Gasteiger partial charge in [0, 0.05) is 18.8 Å². The molecule has 0 unspecified atom stereocenters. The summed E-state index contributed by atoms with van der Waals surface area (Å²) in [4.78, 5) is 2.48. The lowest BCUT2D eigenvalue weighted by atomic mass is 10.3. The molecule has 0 radical (unpaired) electrons. The summed E-state index contributed by atoms with van der Waals surface area (Å²) < 4.78 is 5.40. The molecule has 1 aliphatic rings. The summed E-state index contributed by atoms with van der Waals surface area (Å²) in [5.41, 5.74) is 0. The molecule has 2 nitrogen and oxygen atoms in total. The van der Waals surface area contributed by atoms with Crippen molar-refractivity contribution in [2.75, 3.05) is 38.6 Å². The number of nitrogens with zero attached hydrogens (tertiary/aromatic N) is 1. The minimum Gasteiger partial charge on any atom is -0.379 e. The van der Waals surface area contributed by atoms with Crippen molar-refractivity contribution in [3.8, 4) is 0 Å². The molecular weight excluding hydrogens is 182 g/mol. The van der Waals surface area contributed by atoms with Crippen LogP contribution in [0.1, 0.15) is 19.8 Å². The third kappa shape index (κ3) is 5.55. The first-order valence-corrected chi connectivity index (χ1v) is 5.91. The van der Waals surface area contributed by atoms with Gasteiger partial charge in [0.05, 0.1) is 13.2 Å². The smallest absolute Gasteiger partial charge is 0.0593 e. The average molecular weight is 203 g/mol. The molecule has 1 aliphatic carbocycles. The zero-order valence-corrected chi connectivity index (χ0v) is 9.43. The Labute approximate surface area is 87.0 Å². The minimum atomic E-state index is 0.782. The van der Waals surface area contributed by atoms with E-state index in [1.54, 1.807) is 0 Å². The van der Waals surface area contributed by atoms with E-state index in [9.17, 15) is 0 Å². The van der Waals surface area contributed by atoms with Gasteiger partial charge in [-0.2, -0.15) is 12.6 Å². The summed E-state index contributed by atoms with van der Waals surface area (Å²) in [6.07, 6.45) is 2.88. The second kappa shape index (κ2) is 6.68. The van der Waals surface area contributed by atoms with E-state index in [-0.39, 0.29) is 0 Å². The first-order valence-electron chi connectivity index (χ1n) is 5.27. The highest BCUT2D eigenvalue weighted by Gasteiger charge is 2.23. The summed E-state index contributed by atoms with van der Waals surface area (Å²) in [6, 6.07) is 0. The van der Waals surface area contributed by atoms with Crippen LogP contribution in [0.25, 0.3) is 0 Å². The Bertz CT molecular complexity index is 128. The molecule has 78 valence electrons. The monoisotopic (exact) mass is 203 g/mol. The fraction of sp³-hybridized carbons (Fsp3) is 1.00. The predicted molar refractivity (Wildman–Crippen MR) is 59.5 cm³/mol. The maximum Gasteiger partial charge on any atom is 0.0593 e. The van der Waals surface area contributed by atoms with E-state index in [0.717, 1.165) is 38.0 Å². The summed E-state index contributed by atoms with van der Waals surface area (Å²) in [6.45, 7) is 7.38. The van der Waals surface area contributed by atoms with Gasteiger partial charge in [-0.25, -0.2) is 0 Å². The predicted octanol–water partition coefficient (Wildman–Crippen LogP) is 1.66. The van der Waals surface area contributed by atoms with E-state index < -0.39 is 0 Å². The summed E-state index contributed by atoms with van der Waals surface area (Å²) in [7, 11) is 0. The number of rotatable bonds is 8. The van der Waals surface area contributed by atoms with Gasteiger partial charge in [-0.05, 0) is 25.3 Å². The molecule has 0 saturated heterocycles. The molecule has 1 rings (SSSR count). The quantitative estimate of drug-likeness (QED) is 0.476. The molecule has 0 aliphatic heterocycles. The fourth-order valence-corrected chi connectivity index (χ4v) is 1.53. The van der Waals surface area contributed by atoms with Crippen LogP contribution < -0.4 is 0 Å². The van der Waals surface area contributed by atoms with Crippen LogP contribution in [0.15, 0.2) is 0 Å². The molecule has 3 heteroatoms. The van der Waals surface area contributed by atoms with Crippen molar-refractivity contribution in [2.45, 2.75) is 19.8 Å². The number of hydrogen-bond acceptors (Lipinski definition) is 3. The maximum absolute atomic E-state index is 5.40. The molecule has 0 amide bonds. The molecule has 0 aromatic carbocycles. The number of hydrogen-bond donors (Lipinski definition) is 1. The fourth-order valence-electron chi connectivity index (χ4n) is 1.40. The first kappa shape index (κ1) is 11.3. The Morgan fingerprint density at radius 1 is 1.38 bits per heavy atom. The Kier molecular flexibility index (Phi) is 5.83. The highest BCUT2D eigenvalue weighted by molar-refractivity contribution is 7.80. The third-order valence-corrected chi connectivity index (χ3v) is 2.63. The molecule has 1 saturated carbocycles. The molecule has 0 bridgehead atoms. The van der Waals surface area contributed by atoms with Crippen molar-refractivity contribution >= 4 is 12.6 Å². The summed E-state index contributed by atoms with van der Waals surface area (Å²) in [5, 5.41) is 0. The zero-order valence-electron chi connectivity index (χ0n) is 8.54. The molecular formula is C10H21NOS. The first-order chi connectivity index (χ1) is 6.36. The zero-order chi connectivity index (χ0) is 9.52. The van der Waals surface area contributed by atoms with Crippen molar-refractivity contribution in [1.29, 1.82) is 0 Å². The van der Waals surface area contributed by atoms with Crippen molar-refractivity contribution in [3.05, 3.63) is 0 Å². The van der Waals surface area contributed by atoms with Crippen LogP contribution in [0, 0.1) is 5.92 Å².